The zero-order chi connectivity index (χ0) is 23.2. The number of amides is 1. The van der Waals surface area contributed by atoms with Crippen LogP contribution in [0.5, 0.6) is 0 Å². The summed E-state index contributed by atoms with van der Waals surface area (Å²) < 4.78 is 2.24. The van der Waals surface area contributed by atoms with Gasteiger partial charge in [-0.25, -0.2) is 0 Å². The first-order chi connectivity index (χ1) is 16.0. The van der Waals surface area contributed by atoms with Crippen LogP contribution < -0.4 is 5.32 Å². The molecule has 1 aliphatic rings. The molecule has 4 rings (SSSR count). The van der Waals surface area contributed by atoms with Crippen molar-refractivity contribution in [2.24, 2.45) is 5.92 Å². The van der Waals surface area contributed by atoms with E-state index in [1.165, 1.54) is 11.1 Å². The largest absolute Gasteiger partial charge is 0.346 e. The molecule has 1 amide bonds. The second-order valence-corrected chi connectivity index (χ2v) is 9.43. The molecule has 1 aliphatic heterocycles. The van der Waals surface area contributed by atoms with Gasteiger partial charge < -0.3 is 14.8 Å². The third-order valence-corrected chi connectivity index (χ3v) is 6.39. The highest BCUT2D eigenvalue weighted by Crippen LogP contribution is 2.27. The predicted molar refractivity (Wildman–Crippen MR) is 131 cm³/mol. The molecular weight excluding hydrogens is 410 g/mol. The Morgan fingerprint density at radius 2 is 1.58 bits per heavy atom. The van der Waals surface area contributed by atoms with Crippen molar-refractivity contribution < 1.29 is 4.79 Å². The molecule has 1 atom stereocenters. The number of hydrogen-bond donors (Lipinski definition) is 1. The van der Waals surface area contributed by atoms with Crippen molar-refractivity contribution in [1.82, 2.24) is 25.0 Å². The minimum atomic E-state index is -0.100. The quantitative estimate of drug-likeness (QED) is 0.565. The van der Waals surface area contributed by atoms with Gasteiger partial charge in [0.1, 0.15) is 5.82 Å². The molecule has 0 unspecified atom stereocenters. The molecule has 0 radical (unpaired) electrons. The lowest BCUT2D eigenvalue weighted by atomic mass is 9.90. The maximum absolute atomic E-state index is 11.8. The van der Waals surface area contributed by atoms with Crippen molar-refractivity contribution in [2.45, 2.75) is 52.1 Å². The van der Waals surface area contributed by atoms with E-state index in [0.29, 0.717) is 11.8 Å². The SMILES string of the molecule is CC(=O)N[C@H](CC(C)C)c1nnc2n1CCN(CC(c1ccccc1)c1ccccc1)CC2. The molecule has 6 heteroatoms. The number of hydrogen-bond acceptors (Lipinski definition) is 4. The van der Waals surface area contributed by atoms with E-state index in [1.54, 1.807) is 6.92 Å². The van der Waals surface area contributed by atoms with Gasteiger partial charge in [0.25, 0.3) is 0 Å². The second-order valence-electron chi connectivity index (χ2n) is 9.43. The van der Waals surface area contributed by atoms with Gasteiger partial charge >= 0.3 is 0 Å². The number of rotatable bonds is 8. The summed E-state index contributed by atoms with van der Waals surface area (Å²) in [4.78, 5) is 14.4. The molecule has 3 aromatic rings. The lowest BCUT2D eigenvalue weighted by molar-refractivity contribution is -0.119. The first-order valence-electron chi connectivity index (χ1n) is 12.0. The number of carbonyl (C=O) groups is 1. The van der Waals surface area contributed by atoms with Crippen LogP contribution in [0.15, 0.2) is 60.7 Å². The number of benzene rings is 2. The van der Waals surface area contributed by atoms with Crippen LogP contribution in [0.25, 0.3) is 0 Å². The monoisotopic (exact) mass is 445 g/mol. The lowest BCUT2D eigenvalue weighted by Gasteiger charge is -2.27. The molecule has 33 heavy (non-hydrogen) atoms. The molecule has 2 aromatic carbocycles. The molecule has 2 heterocycles. The van der Waals surface area contributed by atoms with Gasteiger partial charge in [-0.3, -0.25) is 4.79 Å². The molecule has 0 fully saturated rings. The van der Waals surface area contributed by atoms with Crippen LogP contribution in [0, 0.1) is 5.92 Å². The average molecular weight is 446 g/mol. The molecule has 0 aliphatic carbocycles. The van der Waals surface area contributed by atoms with Crippen LogP contribution in [-0.4, -0.2) is 45.2 Å². The Bertz CT molecular complexity index is 992. The van der Waals surface area contributed by atoms with Gasteiger partial charge in [-0.15, -0.1) is 10.2 Å². The van der Waals surface area contributed by atoms with E-state index in [0.717, 1.165) is 50.7 Å². The van der Waals surface area contributed by atoms with Gasteiger partial charge in [0.2, 0.25) is 5.91 Å². The number of nitrogens with one attached hydrogen (secondary N) is 1. The van der Waals surface area contributed by atoms with Gasteiger partial charge in [0.05, 0.1) is 6.04 Å². The summed E-state index contributed by atoms with van der Waals surface area (Å²) in [6.07, 6.45) is 1.71. The Kier molecular flexibility index (Phi) is 7.55. The first kappa shape index (κ1) is 23.2. The van der Waals surface area contributed by atoms with Crippen molar-refractivity contribution in [3.63, 3.8) is 0 Å². The second kappa shape index (κ2) is 10.8. The third-order valence-electron chi connectivity index (χ3n) is 6.39. The smallest absolute Gasteiger partial charge is 0.217 e. The van der Waals surface area contributed by atoms with E-state index < -0.39 is 0 Å². The summed E-state index contributed by atoms with van der Waals surface area (Å²) >= 11 is 0. The standard InChI is InChI=1S/C27H35N5O/c1-20(2)18-25(28-21(3)33)27-30-29-26-14-15-31(16-17-32(26)27)19-24(22-10-6-4-7-11-22)23-12-8-5-9-13-23/h4-13,20,24-25H,14-19H2,1-3H3,(H,28,33)/t25-/m1/s1. The molecule has 0 bridgehead atoms. The van der Waals surface area contributed by atoms with Crippen LogP contribution in [0.4, 0.5) is 0 Å². The Labute approximate surface area is 197 Å². The Morgan fingerprint density at radius 1 is 0.939 bits per heavy atom. The third kappa shape index (κ3) is 5.88. The number of fused-ring (bicyclic) bond motifs is 1. The topological polar surface area (TPSA) is 63.1 Å². The van der Waals surface area contributed by atoms with Gasteiger partial charge in [0.15, 0.2) is 5.82 Å². The minimum absolute atomic E-state index is 0.0261. The molecule has 1 N–H and O–H groups in total. The minimum Gasteiger partial charge on any atom is -0.346 e. The maximum atomic E-state index is 11.8. The Hall–Kier alpha value is -2.99. The van der Waals surface area contributed by atoms with Crippen LogP contribution in [0.1, 0.15) is 61.9 Å². The molecule has 0 saturated heterocycles. The molecule has 0 saturated carbocycles. The number of nitrogens with zero attached hydrogens (tertiary/aromatic N) is 4. The summed E-state index contributed by atoms with van der Waals surface area (Å²) in [5.41, 5.74) is 2.69. The van der Waals surface area contributed by atoms with Crippen LogP contribution >= 0.6 is 0 Å². The maximum Gasteiger partial charge on any atom is 0.217 e. The lowest BCUT2D eigenvalue weighted by Crippen LogP contribution is -2.33. The fourth-order valence-corrected chi connectivity index (χ4v) is 4.81. The molecule has 6 nitrogen and oxygen atoms in total. The first-order valence-corrected chi connectivity index (χ1v) is 12.0. The highest BCUT2D eigenvalue weighted by atomic mass is 16.1. The summed E-state index contributed by atoms with van der Waals surface area (Å²) in [7, 11) is 0. The summed E-state index contributed by atoms with van der Waals surface area (Å²) in [5, 5.41) is 12.1. The number of aromatic nitrogens is 3. The highest BCUT2D eigenvalue weighted by molar-refractivity contribution is 5.73. The van der Waals surface area contributed by atoms with Crippen molar-refractivity contribution in [1.29, 1.82) is 0 Å². The van der Waals surface area contributed by atoms with E-state index in [4.69, 9.17) is 0 Å². The molecular formula is C27H35N5O. The van der Waals surface area contributed by atoms with Gasteiger partial charge in [0, 0.05) is 45.4 Å². The van der Waals surface area contributed by atoms with Crippen molar-refractivity contribution >= 4 is 5.91 Å². The van der Waals surface area contributed by atoms with E-state index in [1.807, 2.05) is 0 Å². The van der Waals surface area contributed by atoms with E-state index >= 15 is 0 Å². The number of carbonyl (C=O) groups excluding carboxylic acids is 1. The summed E-state index contributed by atoms with van der Waals surface area (Å²) in [6.45, 7) is 9.59. The predicted octanol–water partition coefficient (Wildman–Crippen LogP) is 4.19. The highest BCUT2D eigenvalue weighted by Gasteiger charge is 2.26. The average Bonchev–Trinajstić information content (AvgIpc) is 3.11. The van der Waals surface area contributed by atoms with Gasteiger partial charge in [-0.05, 0) is 23.5 Å². The van der Waals surface area contributed by atoms with Crippen molar-refractivity contribution in [3.8, 4) is 0 Å². The Morgan fingerprint density at radius 3 is 2.15 bits per heavy atom. The van der Waals surface area contributed by atoms with Crippen LogP contribution in [0.2, 0.25) is 0 Å². The Balaban J connectivity index is 1.52. The van der Waals surface area contributed by atoms with Crippen LogP contribution in [-0.2, 0) is 17.8 Å². The van der Waals surface area contributed by atoms with Crippen molar-refractivity contribution in [3.05, 3.63) is 83.4 Å². The molecule has 1 aromatic heterocycles. The van der Waals surface area contributed by atoms with Crippen LogP contribution in [0.3, 0.4) is 0 Å². The van der Waals surface area contributed by atoms with E-state index in [9.17, 15) is 4.79 Å². The fourth-order valence-electron chi connectivity index (χ4n) is 4.81. The fraction of sp³-hybridized carbons (Fsp3) is 0.444. The van der Waals surface area contributed by atoms with E-state index in [-0.39, 0.29) is 11.9 Å². The van der Waals surface area contributed by atoms with Crippen molar-refractivity contribution in [2.75, 3.05) is 19.6 Å². The normalized spacial score (nSPS) is 15.3. The van der Waals surface area contributed by atoms with E-state index in [2.05, 4.69) is 99.5 Å². The zero-order valence-electron chi connectivity index (χ0n) is 19.9. The molecule has 0 spiro atoms. The van der Waals surface area contributed by atoms with Gasteiger partial charge in [-0.2, -0.15) is 0 Å². The summed E-state index contributed by atoms with van der Waals surface area (Å²) in [6, 6.07) is 21.5. The molecule has 174 valence electrons. The zero-order valence-corrected chi connectivity index (χ0v) is 19.9. The van der Waals surface area contributed by atoms with Gasteiger partial charge in [-0.1, -0.05) is 74.5 Å². The summed E-state index contributed by atoms with van der Waals surface area (Å²) in [5.74, 6) is 2.65.